The van der Waals surface area contributed by atoms with Gasteiger partial charge in [-0.25, -0.2) is 9.36 Å². The minimum atomic E-state index is -4.61. The number of nitriles is 1. The van der Waals surface area contributed by atoms with Crippen molar-refractivity contribution in [2.24, 2.45) is 7.05 Å². The topological polar surface area (TPSA) is 97.6 Å². The molecule has 230 valence electrons. The Morgan fingerprint density at radius 3 is 2.34 bits per heavy atom. The number of carbonyl (C=O) groups is 1. The molecule has 2 saturated heterocycles. The molecule has 1 N–H and O–H groups in total. The van der Waals surface area contributed by atoms with Gasteiger partial charge in [0.05, 0.1) is 66.6 Å². The van der Waals surface area contributed by atoms with Crippen molar-refractivity contribution < 1.29 is 39.4 Å². The van der Waals surface area contributed by atoms with Gasteiger partial charge in [0.2, 0.25) is 0 Å². The van der Waals surface area contributed by atoms with Crippen molar-refractivity contribution in [2.45, 2.75) is 37.9 Å². The highest BCUT2D eigenvalue weighted by atomic mass is 79.9. The summed E-state index contributed by atoms with van der Waals surface area (Å²) < 4.78 is 45.9. The summed E-state index contributed by atoms with van der Waals surface area (Å²) in [6, 6.07) is 14.7. The van der Waals surface area contributed by atoms with Crippen LogP contribution in [0.1, 0.15) is 47.2 Å². The van der Waals surface area contributed by atoms with E-state index in [0.29, 0.717) is 16.9 Å². The zero-order valence-corrected chi connectivity index (χ0v) is 25.6. The van der Waals surface area contributed by atoms with Crippen molar-refractivity contribution in [2.75, 3.05) is 26.2 Å². The van der Waals surface area contributed by atoms with Crippen LogP contribution in [0.15, 0.2) is 65.6 Å². The summed E-state index contributed by atoms with van der Waals surface area (Å²) in [4.78, 5) is 27.9. The molecular formula is C31H31BrF3N7O2. The number of amides is 1. The van der Waals surface area contributed by atoms with Crippen molar-refractivity contribution in [3.05, 3.63) is 87.8 Å². The molecule has 13 heteroatoms. The summed E-state index contributed by atoms with van der Waals surface area (Å²) in [5, 5.41) is 16.7. The Morgan fingerprint density at radius 1 is 1.02 bits per heavy atom. The summed E-state index contributed by atoms with van der Waals surface area (Å²) in [5.74, 6) is -0.575. The second-order valence-corrected chi connectivity index (χ2v) is 11.4. The lowest BCUT2D eigenvalue weighted by Gasteiger charge is -2.40. The van der Waals surface area contributed by atoms with Crippen LogP contribution in [-0.4, -0.2) is 61.8 Å². The number of nitrogens with one attached hydrogen (secondary N) is 1. The Bertz CT molecular complexity index is 1770. The molecule has 0 aliphatic carbocycles. The Labute approximate surface area is 262 Å². The third kappa shape index (κ3) is 5.71. The average molecular weight is 671 g/mol. The van der Waals surface area contributed by atoms with Gasteiger partial charge in [-0.3, -0.25) is 14.3 Å². The van der Waals surface area contributed by atoms with Gasteiger partial charge < -0.3 is 26.8 Å². The van der Waals surface area contributed by atoms with E-state index in [1.165, 1.54) is 47.6 Å². The van der Waals surface area contributed by atoms with E-state index < -0.39 is 23.2 Å². The van der Waals surface area contributed by atoms with E-state index in [2.05, 4.69) is 16.5 Å². The number of benzene rings is 2. The number of alkyl halides is 3. The maximum Gasteiger partial charge on any atom is 0.416 e. The minimum absolute atomic E-state index is 0. The molecule has 4 aromatic rings. The average Bonchev–Trinajstić information content (AvgIpc) is 3.72. The van der Waals surface area contributed by atoms with E-state index in [1.807, 2.05) is 0 Å². The van der Waals surface area contributed by atoms with Crippen LogP contribution in [0.3, 0.4) is 0 Å². The van der Waals surface area contributed by atoms with Crippen LogP contribution < -0.4 is 27.9 Å². The lowest BCUT2D eigenvalue weighted by atomic mass is 10.0. The second-order valence-electron chi connectivity index (χ2n) is 11.4. The van der Waals surface area contributed by atoms with Gasteiger partial charge in [-0.1, -0.05) is 6.07 Å². The summed E-state index contributed by atoms with van der Waals surface area (Å²) >= 11 is 0. The summed E-state index contributed by atoms with van der Waals surface area (Å²) in [5.41, 5.74) is -0.208. The Balaban J connectivity index is 0.00000384. The van der Waals surface area contributed by atoms with Gasteiger partial charge in [0.15, 0.2) is 0 Å². The lowest BCUT2D eigenvalue weighted by molar-refractivity contribution is -0.921. The standard InChI is InChI=1S/C31H30F3N7O2.BrH/c1-38-28(26-11-14-36-39(26)24-9-7-21(20-35)8-10-24)27(29(42)37-23-12-17-41(18-13-23)15-2-3-16-41)30(43)40(38)25-6-4-5-22(19-25)31(32,33)34;/h4-11,14,19,23H,2-3,12-13,15-18H2,1H3;1H. The Kier molecular flexibility index (Phi) is 8.59. The Hall–Kier alpha value is -4.15. The number of piperidine rings is 1. The van der Waals surface area contributed by atoms with Gasteiger partial charge in [0.25, 0.3) is 11.5 Å². The molecule has 44 heavy (non-hydrogen) atoms. The van der Waals surface area contributed by atoms with Crippen molar-refractivity contribution >= 4 is 5.91 Å². The molecule has 0 saturated carbocycles. The largest absolute Gasteiger partial charge is 1.00 e. The monoisotopic (exact) mass is 669 g/mol. The first-order valence-electron chi connectivity index (χ1n) is 14.3. The molecule has 2 fully saturated rings. The highest BCUT2D eigenvalue weighted by molar-refractivity contribution is 6.00. The van der Waals surface area contributed by atoms with E-state index in [-0.39, 0.29) is 40.0 Å². The molecule has 0 atom stereocenters. The molecule has 2 aliphatic heterocycles. The van der Waals surface area contributed by atoms with Crippen LogP contribution in [0.2, 0.25) is 0 Å². The zero-order chi connectivity index (χ0) is 30.4. The molecule has 2 aliphatic rings. The van der Waals surface area contributed by atoms with Crippen molar-refractivity contribution in [3.63, 3.8) is 0 Å². The van der Waals surface area contributed by atoms with Gasteiger partial charge in [-0.05, 0) is 48.5 Å². The van der Waals surface area contributed by atoms with Crippen LogP contribution in [0.4, 0.5) is 13.2 Å². The molecule has 0 radical (unpaired) electrons. The third-order valence-corrected chi connectivity index (χ3v) is 8.79. The first-order chi connectivity index (χ1) is 20.6. The first-order valence-corrected chi connectivity index (χ1v) is 14.3. The molecule has 1 spiro atoms. The van der Waals surface area contributed by atoms with E-state index >= 15 is 0 Å². The van der Waals surface area contributed by atoms with Crippen LogP contribution in [0.25, 0.3) is 22.8 Å². The smallest absolute Gasteiger partial charge is 0.416 e. The van der Waals surface area contributed by atoms with E-state index in [9.17, 15) is 28.0 Å². The zero-order valence-electron chi connectivity index (χ0n) is 24.0. The van der Waals surface area contributed by atoms with E-state index in [1.54, 1.807) is 30.3 Å². The fourth-order valence-corrected chi connectivity index (χ4v) is 6.54. The quantitative estimate of drug-likeness (QED) is 0.325. The molecule has 2 aromatic carbocycles. The SMILES string of the molecule is Cn1c(-c2ccnn2-c2ccc(C#N)cc2)c(C(=O)NC2CC[N+]3(CCCC3)CC2)c(=O)n1-c1cccc(C(F)(F)F)c1.[Br-]. The number of hydrogen-bond acceptors (Lipinski definition) is 4. The fraction of sp³-hybridized carbons (Fsp3) is 0.355. The maximum absolute atomic E-state index is 14.0. The number of hydrogen-bond donors (Lipinski definition) is 1. The number of aromatic nitrogens is 4. The first kappa shape index (κ1) is 31.3. The number of carbonyl (C=O) groups excluding carboxylic acids is 1. The molecule has 9 nitrogen and oxygen atoms in total. The third-order valence-electron chi connectivity index (χ3n) is 8.79. The van der Waals surface area contributed by atoms with Gasteiger partial charge in [0, 0.05) is 38.8 Å². The van der Waals surface area contributed by atoms with Gasteiger partial charge in [-0.15, -0.1) is 0 Å². The van der Waals surface area contributed by atoms with Crippen molar-refractivity contribution in [3.8, 4) is 28.8 Å². The van der Waals surface area contributed by atoms with Gasteiger partial charge >= 0.3 is 6.18 Å². The Morgan fingerprint density at radius 2 is 1.70 bits per heavy atom. The number of halogens is 4. The van der Waals surface area contributed by atoms with Crippen molar-refractivity contribution in [1.82, 2.24) is 24.5 Å². The normalized spacial score (nSPS) is 16.4. The molecule has 6 rings (SSSR count). The molecule has 2 aromatic heterocycles. The molecule has 0 unspecified atom stereocenters. The molecule has 0 bridgehead atoms. The van der Waals surface area contributed by atoms with Crippen LogP contribution in [0, 0.1) is 11.3 Å². The minimum Gasteiger partial charge on any atom is -1.00 e. The number of nitrogens with zero attached hydrogens (tertiary/aromatic N) is 6. The van der Waals surface area contributed by atoms with Crippen molar-refractivity contribution in [1.29, 1.82) is 5.26 Å². The highest BCUT2D eigenvalue weighted by Crippen LogP contribution is 2.32. The lowest BCUT2D eigenvalue weighted by Crippen LogP contribution is -3.00. The summed E-state index contributed by atoms with van der Waals surface area (Å²) in [6.45, 7) is 4.24. The van der Waals surface area contributed by atoms with E-state index in [4.69, 9.17) is 0 Å². The summed E-state index contributed by atoms with van der Waals surface area (Å²) in [7, 11) is 1.53. The predicted octanol–water partition coefficient (Wildman–Crippen LogP) is 1.43. The van der Waals surface area contributed by atoms with Gasteiger partial charge in [0.1, 0.15) is 11.3 Å². The second kappa shape index (κ2) is 12.1. The highest BCUT2D eigenvalue weighted by Gasteiger charge is 2.38. The van der Waals surface area contributed by atoms with Gasteiger partial charge in [-0.2, -0.15) is 23.5 Å². The molecular weight excluding hydrogens is 639 g/mol. The predicted molar refractivity (Wildman–Crippen MR) is 153 cm³/mol. The van der Waals surface area contributed by atoms with E-state index in [0.717, 1.165) is 60.3 Å². The van der Waals surface area contributed by atoms with Crippen LogP contribution >= 0.6 is 0 Å². The summed E-state index contributed by atoms with van der Waals surface area (Å²) in [6.07, 6.45) is 0.913. The number of rotatable bonds is 5. The maximum atomic E-state index is 14.0. The van der Waals surface area contributed by atoms with Crippen LogP contribution in [0.5, 0.6) is 0 Å². The van der Waals surface area contributed by atoms with Crippen LogP contribution in [-0.2, 0) is 13.2 Å². The number of quaternary nitrogens is 1. The fourth-order valence-electron chi connectivity index (χ4n) is 6.54. The molecule has 4 heterocycles. The molecule has 1 amide bonds.